The maximum Gasteiger partial charge on any atom is 0.247 e. The van der Waals surface area contributed by atoms with Gasteiger partial charge in [0.2, 0.25) is 17.7 Å². The summed E-state index contributed by atoms with van der Waals surface area (Å²) in [6, 6.07) is 9.33. The van der Waals surface area contributed by atoms with E-state index < -0.39 is 5.54 Å². The number of anilines is 1. The molecule has 3 amide bonds. The van der Waals surface area contributed by atoms with Gasteiger partial charge in [-0.25, -0.2) is 0 Å². The van der Waals surface area contributed by atoms with E-state index in [4.69, 9.17) is 0 Å². The lowest BCUT2D eigenvalue weighted by Gasteiger charge is -2.39. The smallest absolute Gasteiger partial charge is 0.247 e. The van der Waals surface area contributed by atoms with Crippen LogP contribution in [0.25, 0.3) is 0 Å². The van der Waals surface area contributed by atoms with E-state index in [9.17, 15) is 19.6 Å². The molecule has 0 radical (unpaired) electrons. The van der Waals surface area contributed by atoms with E-state index in [1.54, 1.807) is 17.4 Å². The van der Waals surface area contributed by atoms with Crippen LogP contribution in [0.5, 0.6) is 0 Å². The number of thioether (sulfide) groups is 1. The molecule has 0 aliphatic carbocycles. The third-order valence-electron chi connectivity index (χ3n) is 5.52. The fourth-order valence-electron chi connectivity index (χ4n) is 4.08. The third kappa shape index (κ3) is 5.16. The van der Waals surface area contributed by atoms with Gasteiger partial charge in [-0.3, -0.25) is 30.0 Å². The SMILES string of the molecule is CNC(=O)[C@](CSc1cccs1)(Cc1ccc(NO)cc1CC(C)C)N1C(=O)CCC1=O. The van der Waals surface area contributed by atoms with Crippen LogP contribution in [0.15, 0.2) is 39.9 Å². The number of carbonyl (C=O) groups excluding carboxylic acids is 3. The first-order valence-electron chi connectivity index (χ1n) is 10.6. The van der Waals surface area contributed by atoms with Crippen LogP contribution in [0.2, 0.25) is 0 Å². The third-order valence-corrected chi connectivity index (χ3v) is 7.87. The Kier molecular flexibility index (Phi) is 7.97. The Hall–Kier alpha value is -2.36. The van der Waals surface area contributed by atoms with Crippen LogP contribution in [-0.4, -0.2) is 46.2 Å². The fraction of sp³-hybridized carbons (Fsp3) is 0.435. The van der Waals surface area contributed by atoms with Crippen LogP contribution in [0.3, 0.4) is 0 Å². The van der Waals surface area contributed by atoms with E-state index in [-0.39, 0.29) is 42.7 Å². The summed E-state index contributed by atoms with van der Waals surface area (Å²) in [5.41, 5.74) is 3.22. The number of benzene rings is 1. The number of nitrogens with zero attached hydrogens (tertiary/aromatic N) is 1. The minimum absolute atomic E-state index is 0.119. The summed E-state index contributed by atoms with van der Waals surface area (Å²) in [5.74, 6) is -0.391. The van der Waals surface area contributed by atoms with E-state index in [1.807, 2.05) is 29.6 Å². The van der Waals surface area contributed by atoms with Crippen molar-refractivity contribution in [3.8, 4) is 0 Å². The normalized spacial score (nSPS) is 15.8. The van der Waals surface area contributed by atoms with E-state index in [1.165, 1.54) is 23.7 Å². The number of carbonyl (C=O) groups is 3. The van der Waals surface area contributed by atoms with E-state index in [2.05, 4.69) is 24.6 Å². The lowest BCUT2D eigenvalue weighted by molar-refractivity contribution is -0.152. The van der Waals surface area contributed by atoms with Crippen LogP contribution in [0.1, 0.15) is 37.8 Å². The highest BCUT2D eigenvalue weighted by Gasteiger charge is 2.51. The molecule has 3 rings (SSSR count). The van der Waals surface area contributed by atoms with Gasteiger partial charge >= 0.3 is 0 Å². The van der Waals surface area contributed by atoms with E-state index in [0.717, 1.165) is 21.8 Å². The Morgan fingerprint density at radius 2 is 1.94 bits per heavy atom. The lowest BCUT2D eigenvalue weighted by atomic mass is 9.85. The summed E-state index contributed by atoms with van der Waals surface area (Å²) in [6.07, 6.45) is 1.17. The highest BCUT2D eigenvalue weighted by atomic mass is 32.2. The number of rotatable bonds is 10. The summed E-state index contributed by atoms with van der Waals surface area (Å²) >= 11 is 3.03. The van der Waals surface area contributed by atoms with Gasteiger partial charge < -0.3 is 5.32 Å². The maximum absolute atomic E-state index is 13.4. The Bertz CT molecular complexity index is 962. The molecule has 32 heavy (non-hydrogen) atoms. The predicted molar refractivity (Wildman–Crippen MR) is 127 cm³/mol. The van der Waals surface area contributed by atoms with Crippen LogP contribution in [0, 0.1) is 5.92 Å². The van der Waals surface area contributed by atoms with Gasteiger partial charge in [-0.05, 0) is 47.0 Å². The van der Waals surface area contributed by atoms with Gasteiger partial charge in [0, 0.05) is 32.1 Å². The molecular weight excluding hydrogens is 446 g/mol. The zero-order chi connectivity index (χ0) is 23.3. The Balaban J connectivity index is 2.09. The summed E-state index contributed by atoms with van der Waals surface area (Å²) in [5, 5.41) is 14.0. The number of likely N-dealkylation sites (N-methyl/N-ethyl adjacent to an activating group) is 1. The van der Waals surface area contributed by atoms with Crippen LogP contribution in [0.4, 0.5) is 5.69 Å². The van der Waals surface area contributed by atoms with Crippen LogP contribution >= 0.6 is 23.1 Å². The predicted octanol–water partition coefficient (Wildman–Crippen LogP) is 3.72. The van der Waals surface area contributed by atoms with E-state index >= 15 is 0 Å². The first kappa shape index (κ1) is 24.3. The van der Waals surface area contributed by atoms with Gasteiger partial charge in [0.15, 0.2) is 0 Å². The van der Waals surface area contributed by atoms with Crippen molar-refractivity contribution >= 4 is 46.5 Å². The second-order valence-corrected chi connectivity index (χ2v) is 10.5. The Morgan fingerprint density at radius 3 is 2.50 bits per heavy atom. The molecule has 1 aliphatic rings. The van der Waals surface area contributed by atoms with Gasteiger partial charge in [0.25, 0.3) is 0 Å². The van der Waals surface area contributed by atoms with Crippen molar-refractivity contribution in [1.29, 1.82) is 0 Å². The molecule has 0 saturated carbocycles. The number of nitrogens with one attached hydrogen (secondary N) is 2. The number of thiophene rings is 1. The molecule has 1 aromatic carbocycles. The monoisotopic (exact) mass is 475 g/mol. The van der Waals surface area contributed by atoms with Gasteiger partial charge in [0.1, 0.15) is 5.54 Å². The van der Waals surface area contributed by atoms with Crippen molar-refractivity contribution in [2.45, 2.75) is 49.3 Å². The lowest BCUT2D eigenvalue weighted by Crippen LogP contribution is -2.63. The molecule has 0 bridgehead atoms. The number of hydrogen-bond donors (Lipinski definition) is 3. The van der Waals surface area contributed by atoms with Crippen molar-refractivity contribution in [2.75, 3.05) is 18.3 Å². The molecule has 1 aromatic heterocycles. The first-order chi connectivity index (χ1) is 15.3. The summed E-state index contributed by atoms with van der Waals surface area (Å²) < 4.78 is 1.01. The summed E-state index contributed by atoms with van der Waals surface area (Å²) in [7, 11) is 1.53. The van der Waals surface area contributed by atoms with Gasteiger partial charge in [-0.15, -0.1) is 23.1 Å². The van der Waals surface area contributed by atoms with Gasteiger partial charge in [-0.2, -0.15) is 0 Å². The second-order valence-electron chi connectivity index (χ2n) is 8.32. The van der Waals surface area contributed by atoms with Crippen molar-refractivity contribution < 1.29 is 19.6 Å². The zero-order valence-electron chi connectivity index (χ0n) is 18.5. The van der Waals surface area contributed by atoms with Crippen molar-refractivity contribution in [3.63, 3.8) is 0 Å². The molecule has 1 fully saturated rings. The molecule has 1 aliphatic heterocycles. The Labute approximate surface area is 196 Å². The van der Waals surface area contributed by atoms with Crippen LogP contribution in [-0.2, 0) is 27.2 Å². The van der Waals surface area contributed by atoms with Gasteiger partial charge in [-0.1, -0.05) is 26.0 Å². The van der Waals surface area contributed by atoms with Gasteiger partial charge in [0.05, 0.1) is 9.90 Å². The van der Waals surface area contributed by atoms with Crippen molar-refractivity contribution in [1.82, 2.24) is 10.2 Å². The summed E-state index contributed by atoms with van der Waals surface area (Å²) in [4.78, 5) is 40.3. The standard InChI is InChI=1S/C23H29N3O4S2/c1-15(2)11-17-12-18(25-30)7-6-16(17)13-23(22(29)24-3,14-32-21-5-4-10-31-21)26-19(27)8-9-20(26)28/h4-7,10,12,15,25,30H,8-9,11,13-14H2,1-3H3,(H,24,29)/t23-/m1/s1. The molecule has 172 valence electrons. The highest BCUT2D eigenvalue weighted by Crippen LogP contribution is 2.36. The molecule has 7 nitrogen and oxygen atoms in total. The topological polar surface area (TPSA) is 98.7 Å². The molecular formula is C23H29N3O4S2. The molecule has 9 heteroatoms. The zero-order valence-corrected chi connectivity index (χ0v) is 20.1. The molecule has 1 atom stereocenters. The minimum Gasteiger partial charge on any atom is -0.357 e. The number of hydrogen-bond acceptors (Lipinski definition) is 7. The minimum atomic E-state index is -1.35. The fourth-order valence-corrected chi connectivity index (χ4v) is 6.06. The molecule has 2 aromatic rings. The first-order valence-corrected chi connectivity index (χ1v) is 12.4. The quantitative estimate of drug-likeness (QED) is 0.275. The van der Waals surface area contributed by atoms with Crippen molar-refractivity contribution in [3.05, 3.63) is 46.8 Å². The average molecular weight is 476 g/mol. The Morgan fingerprint density at radius 1 is 1.22 bits per heavy atom. The van der Waals surface area contributed by atoms with Crippen LogP contribution < -0.4 is 10.8 Å². The molecule has 0 unspecified atom stereocenters. The van der Waals surface area contributed by atoms with Crippen molar-refractivity contribution in [2.24, 2.45) is 5.92 Å². The molecule has 1 saturated heterocycles. The molecule has 3 N–H and O–H groups in total. The van der Waals surface area contributed by atoms with E-state index in [0.29, 0.717) is 11.6 Å². The maximum atomic E-state index is 13.4. The summed E-state index contributed by atoms with van der Waals surface area (Å²) in [6.45, 7) is 4.18. The second kappa shape index (κ2) is 10.5. The largest absolute Gasteiger partial charge is 0.357 e. The number of likely N-dealkylation sites (tertiary alicyclic amines) is 1. The molecule has 0 spiro atoms. The molecule has 2 heterocycles. The number of amides is 3. The highest BCUT2D eigenvalue weighted by molar-refractivity contribution is 8.01. The average Bonchev–Trinajstić information content (AvgIpc) is 3.41. The number of imide groups is 1.